The Hall–Kier alpha value is -2.55. The van der Waals surface area contributed by atoms with E-state index in [-0.39, 0.29) is 17.5 Å². The molecule has 2 aliphatic carbocycles. The Morgan fingerprint density at radius 3 is 2.57 bits per heavy atom. The second kappa shape index (κ2) is 5.58. The zero-order valence-corrected chi connectivity index (χ0v) is 13.7. The molecule has 23 heavy (non-hydrogen) atoms. The molecular formula is C18H16N4S. The molecule has 1 aromatic rings. The number of aryl methyl sites for hydroxylation is 1. The van der Waals surface area contributed by atoms with E-state index in [0.717, 1.165) is 34.6 Å². The summed E-state index contributed by atoms with van der Waals surface area (Å²) in [6, 6.07) is 10.5. The van der Waals surface area contributed by atoms with Gasteiger partial charge in [-0.15, -0.1) is 11.3 Å². The van der Waals surface area contributed by atoms with Gasteiger partial charge in [0, 0.05) is 15.7 Å². The molecule has 0 unspecified atom stereocenters. The van der Waals surface area contributed by atoms with E-state index >= 15 is 0 Å². The topological polar surface area (TPSA) is 97.4 Å². The molecule has 1 heterocycles. The molecule has 0 saturated carbocycles. The van der Waals surface area contributed by atoms with Crippen molar-refractivity contribution in [2.24, 2.45) is 17.1 Å². The molecule has 0 aromatic carbocycles. The van der Waals surface area contributed by atoms with E-state index in [1.165, 1.54) is 0 Å². The highest BCUT2D eigenvalue weighted by atomic mass is 32.1. The fourth-order valence-corrected chi connectivity index (χ4v) is 4.91. The highest BCUT2D eigenvalue weighted by Gasteiger charge is 2.54. The summed E-state index contributed by atoms with van der Waals surface area (Å²) in [7, 11) is 0. The lowest BCUT2D eigenvalue weighted by molar-refractivity contribution is 0.321. The minimum atomic E-state index is -1.47. The van der Waals surface area contributed by atoms with Gasteiger partial charge in [-0.05, 0) is 49.8 Å². The maximum Gasteiger partial charge on any atom is 0.192 e. The monoisotopic (exact) mass is 320 g/mol. The standard InChI is InChI=1S/C18H16N4S/c1-11-6-7-15(23-11)16-13-5-3-2-4-12(13)14(8-19)17(22)18(16,9-20)10-21/h4,6-7,13,16H,2-3,5,22H2,1H3/t13-,16-/m0/s1. The number of hydrogen-bond donors (Lipinski definition) is 1. The minimum absolute atomic E-state index is 0.00282. The van der Waals surface area contributed by atoms with Gasteiger partial charge < -0.3 is 5.73 Å². The molecule has 0 fully saturated rings. The Kier molecular flexibility index (Phi) is 3.72. The van der Waals surface area contributed by atoms with Crippen LogP contribution in [-0.2, 0) is 0 Å². The van der Waals surface area contributed by atoms with Gasteiger partial charge in [0.2, 0.25) is 0 Å². The molecule has 4 nitrogen and oxygen atoms in total. The molecule has 3 rings (SSSR count). The van der Waals surface area contributed by atoms with Crippen LogP contribution < -0.4 is 5.73 Å². The van der Waals surface area contributed by atoms with Crippen molar-refractivity contribution < 1.29 is 0 Å². The first-order chi connectivity index (χ1) is 11.1. The van der Waals surface area contributed by atoms with Crippen LogP contribution in [0.3, 0.4) is 0 Å². The Bertz CT molecular complexity index is 824. The summed E-state index contributed by atoms with van der Waals surface area (Å²) in [6.07, 6.45) is 4.84. The van der Waals surface area contributed by atoms with Gasteiger partial charge in [0.05, 0.1) is 23.4 Å². The smallest absolute Gasteiger partial charge is 0.192 e. The average molecular weight is 320 g/mol. The molecule has 5 heteroatoms. The molecule has 0 bridgehead atoms. The third kappa shape index (κ3) is 2.07. The lowest BCUT2D eigenvalue weighted by atomic mass is 9.58. The fraction of sp³-hybridized carbons (Fsp3) is 0.389. The minimum Gasteiger partial charge on any atom is -0.399 e. The van der Waals surface area contributed by atoms with Gasteiger partial charge in [0.1, 0.15) is 6.07 Å². The Morgan fingerprint density at radius 2 is 2.00 bits per heavy atom. The first-order valence-electron chi connectivity index (χ1n) is 7.58. The molecule has 0 spiro atoms. The highest BCUT2D eigenvalue weighted by Crippen LogP contribution is 2.56. The van der Waals surface area contributed by atoms with Gasteiger partial charge in [-0.3, -0.25) is 0 Å². The third-order valence-electron chi connectivity index (χ3n) is 4.87. The van der Waals surface area contributed by atoms with E-state index in [2.05, 4.69) is 24.3 Å². The summed E-state index contributed by atoms with van der Waals surface area (Å²) in [5.74, 6) is -0.303. The lowest BCUT2D eigenvalue weighted by Gasteiger charge is -2.42. The summed E-state index contributed by atoms with van der Waals surface area (Å²) in [6.45, 7) is 2.01. The molecule has 0 amide bonds. The van der Waals surface area contributed by atoms with E-state index in [1.807, 2.05) is 19.1 Å². The molecule has 2 N–H and O–H groups in total. The molecule has 0 radical (unpaired) electrons. The summed E-state index contributed by atoms with van der Waals surface area (Å²) >= 11 is 1.60. The van der Waals surface area contributed by atoms with E-state index < -0.39 is 5.41 Å². The zero-order chi connectivity index (χ0) is 16.6. The highest BCUT2D eigenvalue weighted by molar-refractivity contribution is 7.12. The summed E-state index contributed by atoms with van der Waals surface area (Å²) in [5, 5.41) is 29.2. The van der Waals surface area contributed by atoms with Crippen LogP contribution in [0.4, 0.5) is 0 Å². The van der Waals surface area contributed by atoms with Crippen molar-refractivity contribution in [3.63, 3.8) is 0 Å². The van der Waals surface area contributed by atoms with Crippen LogP contribution in [0.1, 0.15) is 34.9 Å². The molecule has 0 aliphatic heterocycles. The number of nitriles is 3. The number of thiophene rings is 1. The van der Waals surface area contributed by atoms with Crippen LogP contribution >= 0.6 is 11.3 Å². The third-order valence-corrected chi connectivity index (χ3v) is 5.95. The summed E-state index contributed by atoms with van der Waals surface area (Å²) in [5.41, 5.74) is 6.11. The molecule has 114 valence electrons. The maximum atomic E-state index is 9.84. The van der Waals surface area contributed by atoms with Gasteiger partial charge in [-0.2, -0.15) is 15.8 Å². The van der Waals surface area contributed by atoms with Crippen LogP contribution in [-0.4, -0.2) is 0 Å². The molecule has 0 saturated heterocycles. The lowest BCUT2D eigenvalue weighted by Crippen LogP contribution is -2.42. The van der Waals surface area contributed by atoms with Crippen LogP contribution in [0.25, 0.3) is 0 Å². The summed E-state index contributed by atoms with van der Waals surface area (Å²) in [4.78, 5) is 2.14. The maximum absolute atomic E-state index is 9.84. The Labute approximate surface area is 139 Å². The largest absolute Gasteiger partial charge is 0.399 e. The second-order valence-corrected chi connectivity index (χ2v) is 7.37. The molecule has 2 atom stereocenters. The van der Waals surface area contributed by atoms with E-state index in [9.17, 15) is 15.8 Å². The van der Waals surface area contributed by atoms with Crippen molar-refractivity contribution in [3.8, 4) is 18.2 Å². The fourth-order valence-electron chi connectivity index (χ4n) is 3.80. The van der Waals surface area contributed by atoms with Gasteiger partial charge in [0.15, 0.2) is 5.41 Å². The van der Waals surface area contributed by atoms with Gasteiger partial charge in [0.25, 0.3) is 0 Å². The number of nitrogens with zero attached hydrogens (tertiary/aromatic N) is 3. The zero-order valence-electron chi connectivity index (χ0n) is 12.8. The molecular weight excluding hydrogens is 304 g/mol. The first-order valence-corrected chi connectivity index (χ1v) is 8.40. The molecule has 1 aromatic heterocycles. The van der Waals surface area contributed by atoms with E-state index in [4.69, 9.17) is 5.73 Å². The number of allylic oxidation sites excluding steroid dienone is 4. The van der Waals surface area contributed by atoms with Gasteiger partial charge >= 0.3 is 0 Å². The number of fused-ring (bicyclic) bond motifs is 1. The second-order valence-electron chi connectivity index (χ2n) is 6.06. The number of hydrogen-bond acceptors (Lipinski definition) is 5. The van der Waals surface area contributed by atoms with Crippen molar-refractivity contribution in [1.82, 2.24) is 0 Å². The first kappa shape index (κ1) is 15.3. The van der Waals surface area contributed by atoms with Crippen LogP contribution in [0.15, 0.2) is 35.1 Å². The number of rotatable bonds is 1. The van der Waals surface area contributed by atoms with Crippen LogP contribution in [0, 0.1) is 52.2 Å². The van der Waals surface area contributed by atoms with Crippen molar-refractivity contribution in [2.45, 2.75) is 32.1 Å². The van der Waals surface area contributed by atoms with Gasteiger partial charge in [-0.25, -0.2) is 0 Å². The van der Waals surface area contributed by atoms with Crippen LogP contribution in [0.5, 0.6) is 0 Å². The SMILES string of the molecule is Cc1ccc([C@@H]2[C@H]3CCCC=C3C(C#N)=C(N)C2(C#N)C#N)s1. The van der Waals surface area contributed by atoms with Crippen molar-refractivity contribution in [1.29, 1.82) is 15.8 Å². The normalized spacial score (nSPS) is 25.6. The van der Waals surface area contributed by atoms with Gasteiger partial charge in [-0.1, -0.05) is 6.08 Å². The number of nitrogens with two attached hydrogens (primary N) is 1. The van der Waals surface area contributed by atoms with Crippen molar-refractivity contribution in [3.05, 3.63) is 44.8 Å². The average Bonchev–Trinajstić information content (AvgIpc) is 3.00. The molecule has 2 aliphatic rings. The predicted octanol–water partition coefficient (Wildman–Crippen LogP) is 3.65. The van der Waals surface area contributed by atoms with Crippen molar-refractivity contribution in [2.75, 3.05) is 0 Å². The van der Waals surface area contributed by atoms with E-state index in [0.29, 0.717) is 5.57 Å². The predicted molar refractivity (Wildman–Crippen MR) is 87.7 cm³/mol. The van der Waals surface area contributed by atoms with E-state index in [1.54, 1.807) is 11.3 Å². The Morgan fingerprint density at radius 1 is 1.26 bits per heavy atom. The van der Waals surface area contributed by atoms with Crippen molar-refractivity contribution >= 4 is 11.3 Å². The van der Waals surface area contributed by atoms with Crippen LogP contribution in [0.2, 0.25) is 0 Å². The quantitative estimate of drug-likeness (QED) is 0.854. The summed E-state index contributed by atoms with van der Waals surface area (Å²) < 4.78 is 0. The Balaban J connectivity index is 2.33.